The van der Waals surface area contributed by atoms with E-state index in [1.807, 2.05) is 0 Å². The first kappa shape index (κ1) is 16.0. The van der Waals surface area contributed by atoms with Crippen molar-refractivity contribution in [2.75, 3.05) is 25.2 Å². The van der Waals surface area contributed by atoms with E-state index in [4.69, 9.17) is 13.9 Å². The molecular formula is C14H14N4O5S. The minimum atomic E-state index is -3.48. The van der Waals surface area contributed by atoms with Gasteiger partial charge < -0.3 is 13.9 Å². The van der Waals surface area contributed by atoms with Gasteiger partial charge in [0.25, 0.3) is 0 Å². The number of aromatic nitrogens is 3. The largest absolute Gasteiger partial charge is 0.493 e. The third-order valence-corrected chi connectivity index (χ3v) is 3.71. The Hall–Kier alpha value is -2.88. The molecule has 0 aliphatic rings. The molecule has 0 aliphatic heterocycles. The molecule has 10 heteroatoms. The van der Waals surface area contributed by atoms with E-state index in [0.717, 1.165) is 6.26 Å². The molecule has 126 valence electrons. The number of ether oxygens (including phenoxy) is 2. The Morgan fingerprint density at radius 1 is 1.12 bits per heavy atom. The Bertz CT molecular complexity index is 1000. The Morgan fingerprint density at radius 2 is 1.83 bits per heavy atom. The van der Waals surface area contributed by atoms with Crippen LogP contribution in [0.15, 0.2) is 29.1 Å². The molecule has 3 rings (SSSR count). The highest BCUT2D eigenvalue weighted by molar-refractivity contribution is 7.91. The van der Waals surface area contributed by atoms with Crippen molar-refractivity contribution in [3.05, 3.63) is 24.7 Å². The van der Waals surface area contributed by atoms with Crippen LogP contribution in [-0.2, 0) is 10.0 Å². The second-order valence-corrected chi connectivity index (χ2v) is 6.61. The normalized spacial score (nSPS) is 11.5. The van der Waals surface area contributed by atoms with E-state index < -0.39 is 10.0 Å². The zero-order chi connectivity index (χ0) is 17.3. The average Bonchev–Trinajstić information content (AvgIpc) is 2.99. The van der Waals surface area contributed by atoms with Gasteiger partial charge in [-0.3, -0.25) is 0 Å². The van der Waals surface area contributed by atoms with Crippen LogP contribution in [-0.4, -0.2) is 43.8 Å². The molecule has 0 saturated carbocycles. The molecule has 1 N–H and O–H groups in total. The lowest BCUT2D eigenvalue weighted by Crippen LogP contribution is -2.09. The number of rotatable bonds is 5. The molecule has 2 aromatic heterocycles. The summed E-state index contributed by atoms with van der Waals surface area (Å²) < 4.78 is 40.3. The number of sulfonamides is 1. The molecule has 0 fully saturated rings. The molecule has 0 amide bonds. The summed E-state index contributed by atoms with van der Waals surface area (Å²) in [4.78, 5) is 12.5. The zero-order valence-corrected chi connectivity index (χ0v) is 13.9. The summed E-state index contributed by atoms with van der Waals surface area (Å²) in [6, 6.07) is 3.30. The van der Waals surface area contributed by atoms with Gasteiger partial charge in [-0.1, -0.05) is 0 Å². The van der Waals surface area contributed by atoms with Gasteiger partial charge in [-0.2, -0.15) is 4.98 Å². The van der Waals surface area contributed by atoms with Crippen LogP contribution in [0.5, 0.6) is 11.5 Å². The van der Waals surface area contributed by atoms with E-state index in [1.165, 1.54) is 26.8 Å². The minimum absolute atomic E-state index is 0.139. The number of nitrogens with zero attached hydrogens (tertiary/aromatic N) is 3. The fraction of sp³-hybridized carbons (Fsp3) is 0.214. The molecule has 0 bridgehead atoms. The van der Waals surface area contributed by atoms with Crippen LogP contribution in [0.3, 0.4) is 0 Å². The van der Waals surface area contributed by atoms with Crippen molar-refractivity contribution in [1.29, 1.82) is 0 Å². The molecule has 0 spiro atoms. The smallest absolute Gasteiger partial charge is 0.309 e. The lowest BCUT2D eigenvalue weighted by molar-refractivity contribution is 0.356. The van der Waals surface area contributed by atoms with Gasteiger partial charge in [0.2, 0.25) is 10.0 Å². The molecule has 0 aliphatic carbocycles. The van der Waals surface area contributed by atoms with Crippen molar-refractivity contribution < 1.29 is 22.3 Å². The average molecular weight is 350 g/mol. The van der Waals surface area contributed by atoms with Crippen LogP contribution in [0.4, 0.5) is 6.01 Å². The van der Waals surface area contributed by atoms with Gasteiger partial charge >= 0.3 is 6.01 Å². The Balaban J connectivity index is 2.13. The van der Waals surface area contributed by atoms with E-state index in [1.54, 1.807) is 12.1 Å². The van der Waals surface area contributed by atoms with E-state index in [9.17, 15) is 8.42 Å². The summed E-state index contributed by atoms with van der Waals surface area (Å²) in [6.45, 7) is 0. The van der Waals surface area contributed by atoms with Crippen molar-refractivity contribution in [3.63, 3.8) is 0 Å². The van der Waals surface area contributed by atoms with Gasteiger partial charge in [-0.25, -0.2) is 23.1 Å². The maximum Gasteiger partial charge on any atom is 0.309 e. The molecule has 3 aromatic rings. The Kier molecular flexibility index (Phi) is 3.97. The molecule has 9 nitrogen and oxygen atoms in total. The third-order valence-electron chi connectivity index (χ3n) is 3.16. The van der Waals surface area contributed by atoms with Crippen molar-refractivity contribution in [2.45, 2.75) is 0 Å². The molecule has 1 aromatic carbocycles. The van der Waals surface area contributed by atoms with E-state index >= 15 is 0 Å². The van der Waals surface area contributed by atoms with E-state index in [-0.39, 0.29) is 6.01 Å². The number of oxazole rings is 1. The molecule has 0 saturated heterocycles. The number of methoxy groups -OCH3 is 2. The van der Waals surface area contributed by atoms with Gasteiger partial charge in [0.1, 0.15) is 24.0 Å². The summed E-state index contributed by atoms with van der Waals surface area (Å²) in [5.41, 5.74) is 1.46. The summed E-state index contributed by atoms with van der Waals surface area (Å²) in [5, 5.41) is 0.661. The molecule has 24 heavy (non-hydrogen) atoms. The van der Waals surface area contributed by atoms with Crippen LogP contribution < -0.4 is 14.2 Å². The first-order chi connectivity index (χ1) is 11.4. The number of hydrogen-bond donors (Lipinski definition) is 1. The molecule has 2 heterocycles. The fourth-order valence-electron chi connectivity index (χ4n) is 2.18. The highest BCUT2D eigenvalue weighted by Crippen LogP contribution is 2.35. The van der Waals surface area contributed by atoms with Gasteiger partial charge in [0.05, 0.1) is 26.0 Å². The first-order valence-electron chi connectivity index (χ1n) is 6.71. The van der Waals surface area contributed by atoms with Crippen molar-refractivity contribution in [3.8, 4) is 22.9 Å². The number of nitrogens with one attached hydrogen (secondary N) is 1. The Morgan fingerprint density at radius 3 is 2.50 bits per heavy atom. The SMILES string of the molecule is COc1cc2ncnc(-c3coc(NS(C)(=O)=O)n3)c2cc1OC. The van der Waals surface area contributed by atoms with Crippen molar-refractivity contribution in [1.82, 2.24) is 15.0 Å². The van der Waals surface area contributed by atoms with Crippen LogP contribution in [0.25, 0.3) is 22.3 Å². The Labute approximate surface area is 137 Å². The van der Waals surface area contributed by atoms with Crippen molar-refractivity contribution >= 4 is 26.9 Å². The highest BCUT2D eigenvalue weighted by Gasteiger charge is 2.16. The second-order valence-electron chi connectivity index (χ2n) is 4.86. The van der Waals surface area contributed by atoms with Crippen LogP contribution in [0, 0.1) is 0 Å². The summed E-state index contributed by atoms with van der Waals surface area (Å²) >= 11 is 0. The molecule has 0 unspecified atom stereocenters. The lowest BCUT2D eigenvalue weighted by Gasteiger charge is -2.09. The fourth-order valence-corrected chi connectivity index (χ4v) is 2.59. The topological polar surface area (TPSA) is 116 Å². The predicted molar refractivity (Wildman–Crippen MR) is 86.6 cm³/mol. The highest BCUT2D eigenvalue weighted by atomic mass is 32.2. The van der Waals surface area contributed by atoms with Crippen LogP contribution >= 0.6 is 0 Å². The van der Waals surface area contributed by atoms with Crippen LogP contribution in [0.1, 0.15) is 0 Å². The third kappa shape index (κ3) is 3.08. The first-order valence-corrected chi connectivity index (χ1v) is 8.61. The number of benzene rings is 1. The van der Waals surface area contributed by atoms with E-state index in [0.29, 0.717) is 33.8 Å². The molecule has 0 radical (unpaired) electrons. The predicted octanol–water partition coefficient (Wildman–Crippen LogP) is 1.67. The minimum Gasteiger partial charge on any atom is -0.493 e. The second kappa shape index (κ2) is 5.96. The molecule has 0 atom stereocenters. The zero-order valence-electron chi connectivity index (χ0n) is 13.1. The van der Waals surface area contributed by atoms with Gasteiger partial charge in [0, 0.05) is 11.5 Å². The quantitative estimate of drug-likeness (QED) is 0.738. The standard InChI is InChI=1S/C14H14N4O5S/c1-21-11-4-8-9(5-12(11)22-2)15-7-16-13(8)10-6-23-14(17-10)18-24(3,19)20/h4-7H,1-3H3,(H,17,18). The van der Waals surface area contributed by atoms with E-state index in [2.05, 4.69) is 19.7 Å². The van der Waals surface area contributed by atoms with Crippen molar-refractivity contribution in [2.24, 2.45) is 0 Å². The van der Waals surface area contributed by atoms with Gasteiger partial charge in [-0.15, -0.1) is 0 Å². The van der Waals surface area contributed by atoms with Crippen LogP contribution in [0.2, 0.25) is 0 Å². The summed E-state index contributed by atoms with van der Waals surface area (Å²) in [7, 11) is -0.424. The maximum absolute atomic E-state index is 11.2. The number of fused-ring (bicyclic) bond motifs is 1. The van der Waals surface area contributed by atoms with Gasteiger partial charge in [0.15, 0.2) is 11.5 Å². The maximum atomic E-state index is 11.2. The summed E-state index contributed by atoms with van der Waals surface area (Å²) in [6.07, 6.45) is 3.70. The summed E-state index contributed by atoms with van der Waals surface area (Å²) in [5.74, 6) is 1.05. The molecular weight excluding hydrogens is 336 g/mol. The monoisotopic (exact) mass is 350 g/mol. The van der Waals surface area contributed by atoms with Gasteiger partial charge in [-0.05, 0) is 6.07 Å². The number of hydrogen-bond acceptors (Lipinski definition) is 8. The number of anilines is 1. The lowest BCUT2D eigenvalue weighted by atomic mass is 10.1.